The van der Waals surface area contributed by atoms with Gasteiger partial charge in [0.25, 0.3) is 0 Å². The van der Waals surface area contributed by atoms with Gasteiger partial charge in [-0.1, -0.05) is 23.2 Å². The van der Waals surface area contributed by atoms with E-state index < -0.39 is 10.0 Å². The van der Waals surface area contributed by atoms with E-state index >= 15 is 0 Å². The minimum Gasteiger partial charge on any atom is -0.353 e. The number of amides is 2. The Morgan fingerprint density at radius 1 is 0.968 bits per heavy atom. The van der Waals surface area contributed by atoms with Crippen molar-refractivity contribution in [1.29, 1.82) is 0 Å². The van der Waals surface area contributed by atoms with Gasteiger partial charge in [0.1, 0.15) is 4.90 Å². The summed E-state index contributed by atoms with van der Waals surface area (Å²) in [5, 5.41) is 3.47. The van der Waals surface area contributed by atoms with Crippen molar-refractivity contribution < 1.29 is 18.0 Å². The number of carbonyl (C=O) groups is 2. The lowest BCUT2D eigenvalue weighted by molar-refractivity contribution is -0.140. The Bertz CT molecular complexity index is 959. The fourth-order valence-corrected chi connectivity index (χ4v) is 6.56. The molecule has 1 aliphatic carbocycles. The second kappa shape index (κ2) is 9.25. The average Bonchev–Trinajstić information content (AvgIpc) is 3.59. The van der Waals surface area contributed by atoms with Gasteiger partial charge in [0, 0.05) is 43.2 Å². The second-order valence-corrected chi connectivity index (χ2v) is 11.4. The second-order valence-electron chi connectivity index (χ2n) is 8.66. The maximum absolute atomic E-state index is 13.1. The van der Waals surface area contributed by atoms with Gasteiger partial charge >= 0.3 is 0 Å². The first-order valence-corrected chi connectivity index (χ1v) is 13.0. The monoisotopic (exact) mass is 487 g/mol. The molecule has 7 nitrogen and oxygen atoms in total. The number of nitrogens with one attached hydrogen (secondary N) is 1. The lowest BCUT2D eigenvalue weighted by atomic mass is 9.92. The molecule has 1 aromatic rings. The van der Waals surface area contributed by atoms with Crippen LogP contribution in [-0.2, 0) is 19.6 Å². The van der Waals surface area contributed by atoms with Crippen molar-refractivity contribution in [2.45, 2.75) is 49.5 Å². The van der Waals surface area contributed by atoms with Gasteiger partial charge in [-0.2, -0.15) is 4.31 Å². The molecule has 2 amide bonds. The molecule has 0 radical (unpaired) electrons. The van der Waals surface area contributed by atoms with E-state index in [1.807, 2.05) is 0 Å². The number of piperidine rings is 2. The van der Waals surface area contributed by atoms with E-state index in [9.17, 15) is 18.0 Å². The quantitative estimate of drug-likeness (QED) is 0.691. The molecule has 0 aromatic heterocycles. The van der Waals surface area contributed by atoms with E-state index in [4.69, 9.17) is 23.2 Å². The standard InChI is InChI=1S/C21H27Cl2N3O4S/c22-16-3-6-18(23)19(12-16)31(29,30)26-10-7-14(8-11-26)21(28)25-9-1-2-15(13-25)20(27)24-17-4-5-17/h3,6,12,14-15,17H,1-2,4-5,7-11,13H2,(H,24,27). The van der Waals surface area contributed by atoms with Gasteiger partial charge < -0.3 is 10.2 Å². The summed E-state index contributed by atoms with van der Waals surface area (Å²) in [6.07, 6.45) is 4.61. The lowest BCUT2D eigenvalue weighted by Gasteiger charge is -2.37. The maximum Gasteiger partial charge on any atom is 0.244 e. The number of benzene rings is 1. The molecule has 2 saturated heterocycles. The highest BCUT2D eigenvalue weighted by molar-refractivity contribution is 7.89. The van der Waals surface area contributed by atoms with Crippen LogP contribution in [-0.4, -0.2) is 61.7 Å². The van der Waals surface area contributed by atoms with Crippen LogP contribution in [0.15, 0.2) is 23.1 Å². The minimum absolute atomic E-state index is 0.00742. The first kappa shape index (κ1) is 22.8. The highest BCUT2D eigenvalue weighted by atomic mass is 35.5. The molecule has 4 rings (SSSR count). The van der Waals surface area contributed by atoms with Crippen LogP contribution in [0.25, 0.3) is 0 Å². The van der Waals surface area contributed by atoms with E-state index in [1.165, 1.54) is 16.4 Å². The van der Waals surface area contributed by atoms with Crippen LogP contribution in [0.3, 0.4) is 0 Å². The molecule has 170 valence electrons. The van der Waals surface area contributed by atoms with Crippen molar-refractivity contribution in [3.05, 3.63) is 28.2 Å². The smallest absolute Gasteiger partial charge is 0.244 e. The molecule has 1 atom stereocenters. The predicted molar refractivity (Wildman–Crippen MR) is 118 cm³/mol. The molecule has 2 heterocycles. The number of hydrogen-bond donors (Lipinski definition) is 1. The average molecular weight is 488 g/mol. The molecular formula is C21H27Cl2N3O4S. The Hall–Kier alpha value is -1.35. The van der Waals surface area contributed by atoms with Crippen LogP contribution in [0.5, 0.6) is 0 Å². The number of likely N-dealkylation sites (tertiary alicyclic amines) is 1. The molecule has 3 aliphatic rings. The summed E-state index contributed by atoms with van der Waals surface area (Å²) in [5.74, 6) is -0.295. The van der Waals surface area contributed by atoms with Crippen LogP contribution in [0, 0.1) is 11.8 Å². The van der Waals surface area contributed by atoms with Gasteiger partial charge in [0.2, 0.25) is 21.8 Å². The summed E-state index contributed by atoms with van der Waals surface area (Å²) in [6, 6.07) is 4.69. The molecule has 1 N–H and O–H groups in total. The summed E-state index contributed by atoms with van der Waals surface area (Å²) in [4.78, 5) is 27.2. The number of nitrogens with zero attached hydrogens (tertiary/aromatic N) is 2. The predicted octanol–water partition coefficient (Wildman–Crippen LogP) is 2.91. The Morgan fingerprint density at radius 3 is 2.35 bits per heavy atom. The van der Waals surface area contributed by atoms with E-state index in [1.54, 1.807) is 11.0 Å². The molecule has 10 heteroatoms. The third kappa shape index (κ3) is 5.18. The molecule has 3 fully saturated rings. The van der Waals surface area contributed by atoms with Gasteiger partial charge in [0.15, 0.2) is 0 Å². The van der Waals surface area contributed by atoms with Crippen LogP contribution < -0.4 is 5.32 Å². The zero-order valence-corrected chi connectivity index (χ0v) is 19.6. The zero-order chi connectivity index (χ0) is 22.2. The number of sulfonamides is 1. The Balaban J connectivity index is 1.35. The van der Waals surface area contributed by atoms with Crippen LogP contribution in [0.1, 0.15) is 38.5 Å². The fourth-order valence-electron chi connectivity index (χ4n) is 4.35. The minimum atomic E-state index is -3.78. The van der Waals surface area contributed by atoms with Gasteiger partial charge in [-0.25, -0.2) is 8.42 Å². The van der Waals surface area contributed by atoms with Gasteiger partial charge in [0.05, 0.1) is 10.9 Å². The van der Waals surface area contributed by atoms with Crippen molar-refractivity contribution in [3.8, 4) is 0 Å². The number of hydrogen-bond acceptors (Lipinski definition) is 4. The first-order chi connectivity index (χ1) is 14.8. The Morgan fingerprint density at radius 2 is 1.68 bits per heavy atom. The van der Waals surface area contributed by atoms with E-state index in [0.717, 1.165) is 25.7 Å². The van der Waals surface area contributed by atoms with E-state index in [-0.39, 0.29) is 46.7 Å². The summed E-state index contributed by atoms with van der Waals surface area (Å²) < 4.78 is 27.4. The number of halogens is 2. The third-order valence-corrected chi connectivity index (χ3v) is 8.96. The number of rotatable bonds is 5. The zero-order valence-electron chi connectivity index (χ0n) is 17.2. The van der Waals surface area contributed by atoms with Crippen molar-refractivity contribution in [3.63, 3.8) is 0 Å². The van der Waals surface area contributed by atoms with Crippen molar-refractivity contribution in [2.24, 2.45) is 11.8 Å². The molecule has 1 unspecified atom stereocenters. The highest BCUT2D eigenvalue weighted by Crippen LogP contribution is 2.31. The molecule has 0 bridgehead atoms. The summed E-state index contributed by atoms with van der Waals surface area (Å²) in [5.41, 5.74) is 0. The summed E-state index contributed by atoms with van der Waals surface area (Å²) in [7, 11) is -3.78. The third-order valence-electron chi connectivity index (χ3n) is 6.34. The normalized spacial score (nSPS) is 23.5. The van der Waals surface area contributed by atoms with Crippen LogP contribution >= 0.6 is 23.2 Å². The maximum atomic E-state index is 13.1. The van der Waals surface area contributed by atoms with Crippen molar-refractivity contribution in [2.75, 3.05) is 26.2 Å². The van der Waals surface area contributed by atoms with Crippen LogP contribution in [0.4, 0.5) is 0 Å². The molecule has 31 heavy (non-hydrogen) atoms. The summed E-state index contributed by atoms with van der Waals surface area (Å²) in [6.45, 7) is 1.61. The Kier molecular flexibility index (Phi) is 6.82. The largest absolute Gasteiger partial charge is 0.353 e. The lowest BCUT2D eigenvalue weighted by Crippen LogP contribution is -2.49. The van der Waals surface area contributed by atoms with Crippen molar-refractivity contribution in [1.82, 2.24) is 14.5 Å². The highest BCUT2D eigenvalue weighted by Gasteiger charge is 2.37. The van der Waals surface area contributed by atoms with Gasteiger partial charge in [-0.3, -0.25) is 9.59 Å². The molecule has 1 aromatic carbocycles. The molecule has 2 aliphatic heterocycles. The molecule has 0 spiro atoms. The number of carbonyl (C=O) groups excluding carboxylic acids is 2. The van der Waals surface area contributed by atoms with Crippen LogP contribution in [0.2, 0.25) is 10.0 Å². The fraction of sp³-hybridized carbons (Fsp3) is 0.619. The SMILES string of the molecule is O=C(NC1CC1)C1CCCN(C(=O)C2CCN(S(=O)(=O)c3cc(Cl)ccc3Cl)CC2)C1. The van der Waals surface area contributed by atoms with Gasteiger partial charge in [-0.15, -0.1) is 0 Å². The van der Waals surface area contributed by atoms with E-state index in [2.05, 4.69) is 5.32 Å². The van der Waals surface area contributed by atoms with Gasteiger partial charge in [-0.05, 0) is 56.7 Å². The molecular weight excluding hydrogens is 461 g/mol. The van der Waals surface area contributed by atoms with E-state index in [0.29, 0.717) is 37.0 Å². The molecule has 1 saturated carbocycles. The summed E-state index contributed by atoms with van der Waals surface area (Å²) >= 11 is 12.1. The van der Waals surface area contributed by atoms with Crippen molar-refractivity contribution >= 4 is 45.0 Å². The Labute approximate surface area is 193 Å². The topological polar surface area (TPSA) is 86.8 Å². The first-order valence-electron chi connectivity index (χ1n) is 10.8.